The number of rotatable bonds is 7. The van der Waals surface area contributed by atoms with Crippen LogP contribution in [-0.4, -0.2) is 11.7 Å². The van der Waals surface area contributed by atoms with Gasteiger partial charge in [0, 0.05) is 23.5 Å². The van der Waals surface area contributed by atoms with Crippen molar-refractivity contribution in [3.05, 3.63) is 95.0 Å². The minimum Gasteiger partial charge on any atom is -0.508 e. The maximum Gasteiger partial charge on any atom is 0.122 e. The van der Waals surface area contributed by atoms with Crippen LogP contribution in [0.25, 0.3) is 0 Å². The summed E-state index contributed by atoms with van der Waals surface area (Å²) in [5.41, 5.74) is 3.64. The van der Waals surface area contributed by atoms with Crippen LogP contribution in [0.15, 0.2) is 83.8 Å². The lowest BCUT2D eigenvalue weighted by atomic mass is 9.83. The topological polar surface area (TPSA) is 29.5 Å². The molecule has 146 valence electrons. The standard InChI is InChI=1S/C26H30O2/c1-18(2)22(15-19-9-5-3-6-10-19)25-16-24(27)23(17-28-25)26(21-13-14-21)20-11-7-4-8-12-20/h3-12,16,18,21-22,26-27H,13-15,17H2,1-2H3. The predicted octanol–water partition coefficient (Wildman–Crippen LogP) is 6.42. The van der Waals surface area contributed by atoms with Crippen molar-refractivity contribution in [1.82, 2.24) is 0 Å². The third-order valence-electron chi connectivity index (χ3n) is 6.10. The van der Waals surface area contributed by atoms with E-state index in [0.29, 0.717) is 24.2 Å². The molecule has 2 atom stereocenters. The van der Waals surface area contributed by atoms with Gasteiger partial charge in [0.25, 0.3) is 0 Å². The van der Waals surface area contributed by atoms with Gasteiger partial charge in [-0.2, -0.15) is 0 Å². The summed E-state index contributed by atoms with van der Waals surface area (Å²) in [6, 6.07) is 21.1. The normalized spacial score (nSPS) is 19.2. The van der Waals surface area contributed by atoms with Gasteiger partial charge in [0.05, 0.1) is 0 Å². The summed E-state index contributed by atoms with van der Waals surface area (Å²) >= 11 is 0. The first-order valence-electron chi connectivity index (χ1n) is 10.5. The van der Waals surface area contributed by atoms with E-state index < -0.39 is 0 Å². The van der Waals surface area contributed by atoms with Crippen LogP contribution < -0.4 is 0 Å². The van der Waals surface area contributed by atoms with Gasteiger partial charge in [-0.05, 0) is 42.2 Å². The average Bonchev–Trinajstić information content (AvgIpc) is 3.54. The molecule has 2 aliphatic rings. The van der Waals surface area contributed by atoms with Crippen molar-refractivity contribution in [3.8, 4) is 0 Å². The van der Waals surface area contributed by atoms with Gasteiger partial charge in [-0.3, -0.25) is 0 Å². The van der Waals surface area contributed by atoms with Gasteiger partial charge in [0.2, 0.25) is 0 Å². The van der Waals surface area contributed by atoms with E-state index in [4.69, 9.17) is 4.74 Å². The Balaban J connectivity index is 1.61. The van der Waals surface area contributed by atoms with E-state index in [2.05, 4.69) is 62.4 Å². The van der Waals surface area contributed by atoms with Gasteiger partial charge in [-0.25, -0.2) is 0 Å². The van der Waals surface area contributed by atoms with E-state index in [9.17, 15) is 5.11 Å². The molecule has 4 rings (SSSR count). The number of allylic oxidation sites excluding steroid dienone is 2. The van der Waals surface area contributed by atoms with Gasteiger partial charge < -0.3 is 9.84 Å². The first kappa shape index (κ1) is 18.9. The first-order valence-corrected chi connectivity index (χ1v) is 10.5. The van der Waals surface area contributed by atoms with E-state index in [1.54, 1.807) is 0 Å². The fourth-order valence-electron chi connectivity index (χ4n) is 4.35. The van der Waals surface area contributed by atoms with Crippen molar-refractivity contribution in [2.24, 2.45) is 17.8 Å². The predicted molar refractivity (Wildman–Crippen MR) is 114 cm³/mol. The Morgan fingerprint density at radius 2 is 1.61 bits per heavy atom. The maximum atomic E-state index is 11.0. The van der Waals surface area contributed by atoms with Crippen molar-refractivity contribution in [1.29, 1.82) is 0 Å². The first-order chi connectivity index (χ1) is 13.6. The lowest BCUT2D eigenvalue weighted by Crippen LogP contribution is -2.23. The number of aliphatic hydroxyl groups is 1. The molecule has 2 heteroatoms. The van der Waals surface area contributed by atoms with Gasteiger partial charge >= 0.3 is 0 Å². The molecule has 2 unspecified atom stereocenters. The lowest BCUT2D eigenvalue weighted by Gasteiger charge is -2.30. The summed E-state index contributed by atoms with van der Waals surface area (Å²) in [6.07, 6.45) is 5.29. The summed E-state index contributed by atoms with van der Waals surface area (Å²) in [6.45, 7) is 4.95. The molecule has 0 radical (unpaired) electrons. The monoisotopic (exact) mass is 374 g/mol. The third-order valence-corrected chi connectivity index (χ3v) is 6.10. The fraction of sp³-hybridized carbons (Fsp3) is 0.385. The molecule has 0 bridgehead atoms. The highest BCUT2D eigenvalue weighted by molar-refractivity contribution is 5.38. The summed E-state index contributed by atoms with van der Waals surface area (Å²) < 4.78 is 6.28. The molecule has 1 aliphatic carbocycles. The molecule has 2 aromatic carbocycles. The number of hydrogen-bond acceptors (Lipinski definition) is 2. The van der Waals surface area contributed by atoms with E-state index in [0.717, 1.165) is 17.8 Å². The SMILES string of the molecule is CC(C)C(Cc1ccccc1)C1=CC(O)=C(C(c2ccccc2)C2CC2)CO1. The van der Waals surface area contributed by atoms with E-state index in [-0.39, 0.29) is 11.8 Å². The number of benzene rings is 2. The van der Waals surface area contributed by atoms with E-state index in [1.165, 1.54) is 24.0 Å². The Kier molecular flexibility index (Phi) is 5.57. The minimum atomic E-state index is 0.266. The molecular formula is C26H30O2. The van der Waals surface area contributed by atoms with Crippen molar-refractivity contribution in [2.75, 3.05) is 6.61 Å². The largest absolute Gasteiger partial charge is 0.508 e. The molecule has 1 aliphatic heterocycles. The molecule has 1 heterocycles. The highest BCUT2D eigenvalue weighted by Crippen LogP contribution is 2.48. The second kappa shape index (κ2) is 8.26. The number of hydrogen-bond donors (Lipinski definition) is 1. The van der Waals surface area contributed by atoms with Crippen molar-refractivity contribution < 1.29 is 9.84 Å². The molecule has 0 aromatic heterocycles. The molecule has 2 aromatic rings. The zero-order chi connectivity index (χ0) is 19.5. The molecule has 0 saturated heterocycles. The zero-order valence-corrected chi connectivity index (χ0v) is 16.8. The van der Waals surface area contributed by atoms with Crippen molar-refractivity contribution >= 4 is 0 Å². The third kappa shape index (κ3) is 4.16. The Hall–Kier alpha value is -2.48. The maximum absolute atomic E-state index is 11.0. The Bertz CT molecular complexity index is 845. The van der Waals surface area contributed by atoms with Crippen LogP contribution in [0.1, 0.15) is 43.7 Å². The minimum absolute atomic E-state index is 0.266. The van der Waals surface area contributed by atoms with E-state index >= 15 is 0 Å². The molecule has 1 N–H and O–H groups in total. The number of ether oxygens (including phenoxy) is 1. The number of aliphatic hydroxyl groups excluding tert-OH is 1. The lowest BCUT2D eigenvalue weighted by molar-refractivity contribution is 0.160. The molecular weight excluding hydrogens is 344 g/mol. The van der Waals surface area contributed by atoms with Gasteiger partial charge in [0.15, 0.2) is 0 Å². The molecule has 0 amide bonds. The second-order valence-electron chi connectivity index (χ2n) is 8.51. The van der Waals surface area contributed by atoms with Gasteiger partial charge in [0.1, 0.15) is 18.1 Å². The summed E-state index contributed by atoms with van der Waals surface area (Å²) in [4.78, 5) is 0. The Morgan fingerprint density at radius 1 is 0.964 bits per heavy atom. The van der Waals surface area contributed by atoms with Crippen LogP contribution in [0.3, 0.4) is 0 Å². The van der Waals surface area contributed by atoms with E-state index in [1.807, 2.05) is 18.2 Å². The van der Waals surface area contributed by atoms with Crippen LogP contribution in [0.2, 0.25) is 0 Å². The summed E-state index contributed by atoms with van der Waals surface area (Å²) in [5.74, 6) is 2.94. The van der Waals surface area contributed by atoms with Crippen molar-refractivity contribution in [3.63, 3.8) is 0 Å². The summed E-state index contributed by atoms with van der Waals surface area (Å²) in [7, 11) is 0. The molecule has 1 saturated carbocycles. The molecule has 0 spiro atoms. The Morgan fingerprint density at radius 3 is 2.18 bits per heavy atom. The molecule has 28 heavy (non-hydrogen) atoms. The second-order valence-corrected chi connectivity index (χ2v) is 8.51. The van der Waals surface area contributed by atoms with Crippen molar-refractivity contribution in [2.45, 2.75) is 39.0 Å². The van der Waals surface area contributed by atoms with Gasteiger partial charge in [-0.1, -0.05) is 74.5 Å². The van der Waals surface area contributed by atoms with Crippen LogP contribution in [0.4, 0.5) is 0 Å². The van der Waals surface area contributed by atoms with Crippen LogP contribution in [0, 0.1) is 17.8 Å². The fourth-order valence-corrected chi connectivity index (χ4v) is 4.35. The van der Waals surface area contributed by atoms with Crippen LogP contribution in [-0.2, 0) is 11.2 Å². The average molecular weight is 375 g/mol. The Labute approximate surface area is 168 Å². The summed E-state index contributed by atoms with van der Waals surface area (Å²) in [5, 5.41) is 11.0. The highest BCUT2D eigenvalue weighted by Gasteiger charge is 2.37. The van der Waals surface area contributed by atoms with Crippen LogP contribution >= 0.6 is 0 Å². The van der Waals surface area contributed by atoms with Gasteiger partial charge in [-0.15, -0.1) is 0 Å². The highest BCUT2D eigenvalue weighted by atomic mass is 16.5. The smallest absolute Gasteiger partial charge is 0.122 e. The zero-order valence-electron chi connectivity index (χ0n) is 16.8. The molecule has 2 nitrogen and oxygen atoms in total. The molecule has 1 fully saturated rings. The van der Waals surface area contributed by atoms with Crippen LogP contribution in [0.5, 0.6) is 0 Å². The quantitative estimate of drug-likeness (QED) is 0.606.